The van der Waals surface area contributed by atoms with E-state index in [2.05, 4.69) is 29.4 Å². The second-order valence-electron chi connectivity index (χ2n) is 5.77. The van der Waals surface area contributed by atoms with Crippen molar-refractivity contribution in [2.75, 3.05) is 5.32 Å². The van der Waals surface area contributed by atoms with E-state index < -0.39 is 0 Å². The summed E-state index contributed by atoms with van der Waals surface area (Å²) in [7, 11) is 0. The van der Waals surface area contributed by atoms with Crippen LogP contribution in [0.2, 0.25) is 0 Å². The number of aryl methyl sites for hydroxylation is 2. The van der Waals surface area contributed by atoms with Gasteiger partial charge in [-0.3, -0.25) is 4.79 Å². The molecule has 3 nitrogen and oxygen atoms in total. The molecule has 21 heavy (non-hydrogen) atoms. The zero-order valence-corrected chi connectivity index (χ0v) is 13.1. The molecule has 0 unspecified atom stereocenters. The predicted molar refractivity (Wildman–Crippen MR) is 86.7 cm³/mol. The monoisotopic (exact) mass is 300 g/mol. The highest BCUT2D eigenvalue weighted by atomic mass is 32.1. The van der Waals surface area contributed by atoms with E-state index in [1.807, 2.05) is 18.2 Å². The molecule has 1 aliphatic carbocycles. The Bertz CT molecular complexity index is 621. The fourth-order valence-corrected chi connectivity index (χ4v) is 3.87. The van der Waals surface area contributed by atoms with E-state index in [0.717, 1.165) is 30.3 Å². The first kappa shape index (κ1) is 14.3. The molecule has 0 fully saturated rings. The van der Waals surface area contributed by atoms with Gasteiger partial charge in [-0.1, -0.05) is 37.3 Å². The van der Waals surface area contributed by atoms with Crippen LogP contribution in [0.4, 0.5) is 5.13 Å². The Hall–Kier alpha value is -1.68. The topological polar surface area (TPSA) is 42.0 Å². The van der Waals surface area contributed by atoms with E-state index in [9.17, 15) is 4.79 Å². The number of carbonyl (C=O) groups is 1. The first-order valence-corrected chi connectivity index (χ1v) is 8.34. The third-order valence-electron chi connectivity index (χ3n) is 3.92. The molecule has 1 aromatic carbocycles. The maximum absolute atomic E-state index is 12.0. The number of amides is 1. The fraction of sp³-hybridized carbons (Fsp3) is 0.412. The molecule has 1 atom stereocenters. The van der Waals surface area contributed by atoms with Gasteiger partial charge in [-0.05, 0) is 37.2 Å². The predicted octanol–water partition coefficient (Wildman–Crippen LogP) is 3.84. The van der Waals surface area contributed by atoms with E-state index >= 15 is 0 Å². The van der Waals surface area contributed by atoms with Crippen LogP contribution >= 0.6 is 11.3 Å². The highest BCUT2D eigenvalue weighted by Gasteiger charge is 2.20. The number of fused-ring (bicyclic) bond motifs is 1. The summed E-state index contributed by atoms with van der Waals surface area (Å²) in [5, 5.41) is 3.72. The van der Waals surface area contributed by atoms with Gasteiger partial charge in [0, 0.05) is 11.3 Å². The van der Waals surface area contributed by atoms with Crippen LogP contribution in [0.15, 0.2) is 30.3 Å². The van der Waals surface area contributed by atoms with Crippen molar-refractivity contribution in [3.05, 3.63) is 46.5 Å². The molecule has 0 spiro atoms. The van der Waals surface area contributed by atoms with Crippen molar-refractivity contribution >= 4 is 22.4 Å². The minimum absolute atomic E-state index is 0.0537. The minimum atomic E-state index is 0.0537. The van der Waals surface area contributed by atoms with E-state index in [1.165, 1.54) is 22.6 Å². The van der Waals surface area contributed by atoms with E-state index in [0.29, 0.717) is 6.42 Å². The Labute approximate surface area is 129 Å². The molecule has 0 radical (unpaired) electrons. The quantitative estimate of drug-likeness (QED) is 0.932. The van der Waals surface area contributed by atoms with Crippen LogP contribution in [0.3, 0.4) is 0 Å². The molecule has 1 aromatic heterocycles. The average molecular weight is 300 g/mol. The van der Waals surface area contributed by atoms with Crippen LogP contribution in [0.1, 0.15) is 35.9 Å². The molecule has 1 aliphatic rings. The summed E-state index contributed by atoms with van der Waals surface area (Å²) >= 11 is 1.65. The van der Waals surface area contributed by atoms with E-state index in [4.69, 9.17) is 0 Å². The molecule has 3 rings (SSSR count). The second kappa shape index (κ2) is 6.39. The summed E-state index contributed by atoms with van der Waals surface area (Å²) in [6.07, 6.45) is 4.64. The molecule has 0 bridgehead atoms. The van der Waals surface area contributed by atoms with Crippen LogP contribution in [0.25, 0.3) is 0 Å². The number of anilines is 1. The third-order valence-corrected chi connectivity index (χ3v) is 4.95. The van der Waals surface area contributed by atoms with Crippen LogP contribution in [0.5, 0.6) is 0 Å². The van der Waals surface area contributed by atoms with Gasteiger partial charge in [-0.15, -0.1) is 11.3 Å². The van der Waals surface area contributed by atoms with E-state index in [-0.39, 0.29) is 5.91 Å². The summed E-state index contributed by atoms with van der Waals surface area (Å²) in [6, 6.07) is 10.1. The van der Waals surface area contributed by atoms with E-state index in [1.54, 1.807) is 11.3 Å². The molecule has 4 heteroatoms. The SMILES string of the molecule is C[C@H]1CCc2nc(NC(=O)CCc3ccccc3)sc2C1. The van der Waals surface area contributed by atoms with Gasteiger partial charge in [-0.2, -0.15) is 0 Å². The maximum atomic E-state index is 12.0. The number of rotatable bonds is 4. The molecule has 0 aliphatic heterocycles. The van der Waals surface area contributed by atoms with Gasteiger partial charge in [0.2, 0.25) is 5.91 Å². The average Bonchev–Trinajstić information content (AvgIpc) is 2.87. The van der Waals surface area contributed by atoms with Gasteiger partial charge in [0.1, 0.15) is 0 Å². The number of aromatic nitrogens is 1. The molecular weight excluding hydrogens is 280 g/mol. The lowest BCUT2D eigenvalue weighted by Gasteiger charge is -2.15. The van der Waals surface area contributed by atoms with Gasteiger partial charge in [0.25, 0.3) is 0 Å². The van der Waals surface area contributed by atoms with Gasteiger partial charge in [0.15, 0.2) is 5.13 Å². The first-order chi connectivity index (χ1) is 10.2. The molecule has 2 aromatic rings. The van der Waals surface area contributed by atoms with Crippen molar-refractivity contribution < 1.29 is 4.79 Å². The lowest BCUT2D eigenvalue weighted by atomic mass is 9.93. The summed E-state index contributed by atoms with van der Waals surface area (Å²) < 4.78 is 0. The molecule has 0 saturated carbocycles. The Balaban J connectivity index is 1.55. The van der Waals surface area contributed by atoms with Gasteiger partial charge in [-0.25, -0.2) is 4.98 Å². The van der Waals surface area contributed by atoms with Crippen molar-refractivity contribution in [3.8, 4) is 0 Å². The van der Waals surface area contributed by atoms with Crippen molar-refractivity contribution in [1.29, 1.82) is 0 Å². The number of nitrogens with one attached hydrogen (secondary N) is 1. The number of benzene rings is 1. The van der Waals surface area contributed by atoms with Crippen molar-refractivity contribution in [2.45, 2.75) is 39.0 Å². The number of carbonyl (C=O) groups excluding carboxylic acids is 1. The lowest BCUT2D eigenvalue weighted by Crippen LogP contribution is -2.12. The highest BCUT2D eigenvalue weighted by molar-refractivity contribution is 7.15. The van der Waals surface area contributed by atoms with Gasteiger partial charge in [0.05, 0.1) is 5.69 Å². The smallest absolute Gasteiger partial charge is 0.226 e. The molecule has 1 N–H and O–H groups in total. The lowest BCUT2D eigenvalue weighted by molar-refractivity contribution is -0.116. The van der Waals surface area contributed by atoms with Crippen molar-refractivity contribution in [3.63, 3.8) is 0 Å². The standard InChI is InChI=1S/C17H20N2OS/c1-12-7-9-14-15(11-12)21-17(18-14)19-16(20)10-8-13-5-3-2-4-6-13/h2-6,12H,7-11H2,1H3,(H,18,19,20)/t12-/m0/s1. The molecule has 0 saturated heterocycles. The Kier molecular flexibility index (Phi) is 4.34. The number of hydrogen-bond donors (Lipinski definition) is 1. The van der Waals surface area contributed by atoms with Crippen molar-refractivity contribution in [2.24, 2.45) is 5.92 Å². The number of hydrogen-bond acceptors (Lipinski definition) is 3. The first-order valence-electron chi connectivity index (χ1n) is 7.53. The number of nitrogens with zero attached hydrogens (tertiary/aromatic N) is 1. The van der Waals surface area contributed by atoms with Crippen LogP contribution in [-0.4, -0.2) is 10.9 Å². The summed E-state index contributed by atoms with van der Waals surface area (Å²) in [5.41, 5.74) is 2.39. The molecule has 1 amide bonds. The summed E-state index contributed by atoms with van der Waals surface area (Å²) in [4.78, 5) is 17.9. The fourth-order valence-electron chi connectivity index (χ4n) is 2.68. The molecule has 110 valence electrons. The maximum Gasteiger partial charge on any atom is 0.226 e. The van der Waals surface area contributed by atoms with Gasteiger partial charge < -0.3 is 5.32 Å². The zero-order valence-electron chi connectivity index (χ0n) is 12.3. The van der Waals surface area contributed by atoms with Crippen LogP contribution in [0, 0.1) is 5.92 Å². The minimum Gasteiger partial charge on any atom is -0.302 e. The normalized spacial score (nSPS) is 17.3. The third kappa shape index (κ3) is 3.70. The van der Waals surface area contributed by atoms with Crippen LogP contribution < -0.4 is 5.32 Å². The Morgan fingerprint density at radius 3 is 3.00 bits per heavy atom. The van der Waals surface area contributed by atoms with Crippen molar-refractivity contribution in [1.82, 2.24) is 4.98 Å². The largest absolute Gasteiger partial charge is 0.302 e. The Morgan fingerprint density at radius 1 is 1.38 bits per heavy atom. The second-order valence-corrected chi connectivity index (χ2v) is 6.85. The summed E-state index contributed by atoms with van der Waals surface area (Å²) in [6.45, 7) is 2.28. The number of thiazole rings is 1. The Morgan fingerprint density at radius 2 is 2.19 bits per heavy atom. The molecule has 1 heterocycles. The zero-order chi connectivity index (χ0) is 14.7. The van der Waals surface area contributed by atoms with Crippen LogP contribution in [-0.2, 0) is 24.1 Å². The van der Waals surface area contributed by atoms with Gasteiger partial charge >= 0.3 is 0 Å². The highest BCUT2D eigenvalue weighted by Crippen LogP contribution is 2.32. The molecular formula is C17H20N2OS. The summed E-state index contributed by atoms with van der Waals surface area (Å²) in [5.74, 6) is 0.789.